The van der Waals surface area contributed by atoms with Crippen LogP contribution < -0.4 is 0 Å². The Kier molecular flexibility index (Phi) is 9.70. The predicted molar refractivity (Wildman–Crippen MR) is 107 cm³/mol. The second kappa shape index (κ2) is 11.2. The zero-order valence-electron chi connectivity index (χ0n) is 16.7. The minimum Gasteiger partial charge on any atom is -0.327 e. The number of imidazole rings is 1. The zero-order valence-corrected chi connectivity index (χ0v) is 16.7. The van der Waals surface area contributed by atoms with Crippen molar-refractivity contribution in [3.05, 3.63) is 29.6 Å². The third-order valence-corrected chi connectivity index (χ3v) is 4.43. The van der Waals surface area contributed by atoms with Crippen LogP contribution in [0, 0.1) is 13.8 Å². The van der Waals surface area contributed by atoms with Crippen molar-refractivity contribution in [3.63, 3.8) is 0 Å². The van der Waals surface area contributed by atoms with Crippen LogP contribution in [0.4, 0.5) is 0 Å². The number of hydrogen-bond donors (Lipinski definition) is 0. The van der Waals surface area contributed by atoms with Crippen LogP contribution in [-0.2, 0) is 6.54 Å². The fraction of sp³-hybridized carbons (Fsp3) is 0.667. The van der Waals surface area contributed by atoms with Crippen molar-refractivity contribution in [3.8, 4) is 0 Å². The molecular weight excluding hydrogens is 294 g/mol. The van der Waals surface area contributed by atoms with E-state index in [4.69, 9.17) is 0 Å². The van der Waals surface area contributed by atoms with Gasteiger partial charge in [0.25, 0.3) is 0 Å². The molecule has 0 aliphatic carbocycles. The summed E-state index contributed by atoms with van der Waals surface area (Å²) in [6, 6.07) is 6.52. The molecule has 0 amide bonds. The van der Waals surface area contributed by atoms with Gasteiger partial charge >= 0.3 is 0 Å². The van der Waals surface area contributed by atoms with E-state index in [2.05, 4.69) is 60.3 Å². The molecule has 3 rings (SSSR count). The highest BCUT2D eigenvalue weighted by atomic mass is 15.2. The van der Waals surface area contributed by atoms with E-state index in [-0.39, 0.29) is 0 Å². The summed E-state index contributed by atoms with van der Waals surface area (Å²) in [5.74, 6) is 1.13. The first-order chi connectivity index (χ1) is 11.7. The molecule has 0 unspecified atom stereocenters. The number of fused-ring (bicyclic) bond motifs is 1. The summed E-state index contributed by atoms with van der Waals surface area (Å²) in [6.45, 7) is 17.4. The highest BCUT2D eigenvalue weighted by Crippen LogP contribution is 2.18. The fourth-order valence-electron chi connectivity index (χ4n) is 2.88. The van der Waals surface area contributed by atoms with Crippen LogP contribution in [0.2, 0.25) is 0 Å². The average Bonchev–Trinajstić information content (AvgIpc) is 3.22. The molecule has 0 radical (unpaired) electrons. The second-order valence-electron chi connectivity index (χ2n) is 6.35. The van der Waals surface area contributed by atoms with Crippen molar-refractivity contribution in [2.24, 2.45) is 0 Å². The number of aryl methyl sites for hydroxylation is 2. The van der Waals surface area contributed by atoms with E-state index in [1.54, 1.807) is 0 Å². The number of aromatic nitrogens is 2. The van der Waals surface area contributed by atoms with Gasteiger partial charge in [-0.2, -0.15) is 0 Å². The van der Waals surface area contributed by atoms with Gasteiger partial charge in [-0.25, -0.2) is 4.98 Å². The molecule has 0 N–H and O–H groups in total. The highest BCUT2D eigenvalue weighted by Gasteiger charge is 2.13. The summed E-state index contributed by atoms with van der Waals surface area (Å²) < 4.78 is 2.36. The molecule has 3 heteroatoms. The summed E-state index contributed by atoms with van der Waals surface area (Å²) in [6.07, 6.45) is 5.37. The van der Waals surface area contributed by atoms with Gasteiger partial charge in [0.1, 0.15) is 5.82 Å². The van der Waals surface area contributed by atoms with E-state index in [1.807, 2.05) is 13.8 Å². The van der Waals surface area contributed by atoms with Crippen molar-refractivity contribution in [2.45, 2.75) is 73.8 Å². The number of likely N-dealkylation sites (tertiary alicyclic amines) is 1. The third kappa shape index (κ3) is 5.94. The lowest BCUT2D eigenvalue weighted by Crippen LogP contribution is -2.24. The van der Waals surface area contributed by atoms with Gasteiger partial charge in [-0.05, 0) is 57.5 Å². The zero-order chi connectivity index (χ0) is 17.9. The Labute approximate surface area is 149 Å². The van der Waals surface area contributed by atoms with Crippen LogP contribution >= 0.6 is 0 Å². The predicted octanol–water partition coefficient (Wildman–Crippen LogP) is 5.58. The molecule has 1 fully saturated rings. The Morgan fingerprint density at radius 3 is 2.17 bits per heavy atom. The number of benzene rings is 1. The van der Waals surface area contributed by atoms with Crippen LogP contribution in [0.25, 0.3) is 11.0 Å². The Morgan fingerprint density at radius 2 is 1.58 bits per heavy atom. The molecule has 0 saturated carbocycles. The SMILES string of the molecule is CC.CCCC.Cc1ccc2nc(C)n(CCN3CCCC3)c2c1. The number of unbranched alkanes of at least 4 members (excludes halogenated alkanes) is 1. The minimum absolute atomic E-state index is 1.06. The third-order valence-electron chi connectivity index (χ3n) is 4.43. The average molecular weight is 332 g/mol. The maximum Gasteiger partial charge on any atom is 0.106 e. The van der Waals surface area contributed by atoms with Gasteiger partial charge in [0.05, 0.1) is 11.0 Å². The van der Waals surface area contributed by atoms with Crippen LogP contribution in [0.1, 0.15) is 64.8 Å². The van der Waals surface area contributed by atoms with E-state index >= 15 is 0 Å². The van der Waals surface area contributed by atoms with Crippen molar-refractivity contribution in [2.75, 3.05) is 19.6 Å². The summed E-state index contributed by atoms with van der Waals surface area (Å²) in [4.78, 5) is 7.20. The molecule has 0 bridgehead atoms. The fourth-order valence-corrected chi connectivity index (χ4v) is 2.88. The maximum atomic E-state index is 4.64. The summed E-state index contributed by atoms with van der Waals surface area (Å²) in [7, 11) is 0. The van der Waals surface area contributed by atoms with Gasteiger partial charge in [-0.1, -0.05) is 46.6 Å². The number of hydrogen-bond acceptors (Lipinski definition) is 2. The van der Waals surface area contributed by atoms with Crippen molar-refractivity contribution in [1.82, 2.24) is 14.5 Å². The largest absolute Gasteiger partial charge is 0.327 e. The van der Waals surface area contributed by atoms with Crippen molar-refractivity contribution >= 4 is 11.0 Å². The first-order valence-corrected chi connectivity index (χ1v) is 9.81. The van der Waals surface area contributed by atoms with Crippen molar-refractivity contribution in [1.29, 1.82) is 0 Å². The smallest absolute Gasteiger partial charge is 0.106 e. The molecule has 3 nitrogen and oxygen atoms in total. The standard InChI is InChI=1S/C15H21N3.C4H10.C2H6/c1-12-5-6-14-15(11-12)18(13(2)16-14)10-9-17-7-3-4-8-17;1-3-4-2;1-2/h5-6,11H,3-4,7-10H2,1-2H3;3-4H2,1-2H3;1-2H3. The summed E-state index contributed by atoms with van der Waals surface area (Å²) in [5.41, 5.74) is 3.72. The molecule has 2 heterocycles. The number of nitrogens with zero attached hydrogens (tertiary/aromatic N) is 3. The molecule has 1 saturated heterocycles. The van der Waals surface area contributed by atoms with Gasteiger partial charge < -0.3 is 9.47 Å². The molecule has 136 valence electrons. The second-order valence-corrected chi connectivity index (χ2v) is 6.35. The van der Waals surface area contributed by atoms with E-state index in [9.17, 15) is 0 Å². The Bertz CT molecular complexity index is 578. The van der Waals surface area contributed by atoms with Crippen LogP contribution in [0.3, 0.4) is 0 Å². The molecular formula is C21H37N3. The van der Waals surface area contributed by atoms with Gasteiger partial charge in [-0.15, -0.1) is 0 Å². The lowest BCUT2D eigenvalue weighted by atomic mass is 10.2. The number of rotatable bonds is 4. The van der Waals surface area contributed by atoms with Crippen LogP contribution in [0.15, 0.2) is 18.2 Å². The first kappa shape index (κ1) is 20.7. The topological polar surface area (TPSA) is 21.1 Å². The van der Waals surface area contributed by atoms with E-state index in [1.165, 1.54) is 49.9 Å². The van der Waals surface area contributed by atoms with Gasteiger partial charge in [0.2, 0.25) is 0 Å². The molecule has 2 aromatic rings. The van der Waals surface area contributed by atoms with E-state index in [0.29, 0.717) is 0 Å². The van der Waals surface area contributed by atoms with Crippen LogP contribution in [-0.4, -0.2) is 34.1 Å². The maximum absolute atomic E-state index is 4.64. The Balaban J connectivity index is 0.000000423. The van der Waals surface area contributed by atoms with E-state index in [0.717, 1.165) is 24.4 Å². The first-order valence-electron chi connectivity index (χ1n) is 9.81. The normalized spacial score (nSPS) is 14.1. The molecule has 24 heavy (non-hydrogen) atoms. The van der Waals surface area contributed by atoms with Gasteiger partial charge in [0.15, 0.2) is 0 Å². The molecule has 1 aliphatic heterocycles. The highest BCUT2D eigenvalue weighted by molar-refractivity contribution is 5.76. The molecule has 1 aromatic carbocycles. The van der Waals surface area contributed by atoms with Crippen LogP contribution in [0.5, 0.6) is 0 Å². The minimum atomic E-state index is 1.06. The lowest BCUT2D eigenvalue weighted by Gasteiger charge is -2.16. The van der Waals surface area contributed by atoms with Gasteiger partial charge in [-0.3, -0.25) is 0 Å². The summed E-state index contributed by atoms with van der Waals surface area (Å²) >= 11 is 0. The Hall–Kier alpha value is -1.35. The monoisotopic (exact) mass is 331 g/mol. The van der Waals surface area contributed by atoms with E-state index < -0.39 is 0 Å². The molecule has 0 spiro atoms. The molecule has 1 aromatic heterocycles. The van der Waals surface area contributed by atoms with Gasteiger partial charge in [0, 0.05) is 13.1 Å². The molecule has 0 atom stereocenters. The van der Waals surface area contributed by atoms with Crippen molar-refractivity contribution < 1.29 is 0 Å². The summed E-state index contributed by atoms with van der Waals surface area (Å²) in [5, 5.41) is 0. The quantitative estimate of drug-likeness (QED) is 0.729. The molecule has 1 aliphatic rings. The lowest BCUT2D eigenvalue weighted by molar-refractivity contribution is 0.323. The Morgan fingerprint density at radius 1 is 0.958 bits per heavy atom.